The number of piperazine rings is 1. The maximum absolute atomic E-state index is 13.7. The quantitative estimate of drug-likeness (QED) is 0.632. The van der Waals surface area contributed by atoms with Gasteiger partial charge in [0.1, 0.15) is 5.54 Å². The molecule has 1 spiro atoms. The molecule has 8 nitrogen and oxygen atoms in total. The first kappa shape index (κ1) is 23.0. The smallest absolute Gasteiger partial charge is 0.252 e. The second-order valence-electron chi connectivity index (χ2n) is 9.43. The molecule has 0 aliphatic carbocycles. The second-order valence-corrected chi connectivity index (χ2v) is 9.84. The lowest BCUT2D eigenvalue weighted by atomic mass is 9.82. The molecule has 5 rings (SSSR count). The van der Waals surface area contributed by atoms with Crippen molar-refractivity contribution in [2.24, 2.45) is 0 Å². The molecule has 3 fully saturated rings. The minimum atomic E-state index is -0.826. The molecule has 2 atom stereocenters. The predicted octanol–water partition coefficient (Wildman–Crippen LogP) is 1.86. The summed E-state index contributed by atoms with van der Waals surface area (Å²) >= 11 is 6.31. The van der Waals surface area contributed by atoms with Crippen molar-refractivity contribution in [2.45, 2.75) is 44.1 Å². The Labute approximate surface area is 203 Å². The summed E-state index contributed by atoms with van der Waals surface area (Å²) in [6.45, 7) is 3.53. The number of benzene rings is 2. The third-order valence-corrected chi connectivity index (χ3v) is 7.33. The maximum atomic E-state index is 13.7. The van der Waals surface area contributed by atoms with Crippen molar-refractivity contribution < 1.29 is 19.5 Å². The number of hydrogen-bond donors (Lipinski definition) is 2. The lowest BCUT2D eigenvalue weighted by Crippen LogP contribution is -2.81. The molecule has 2 aromatic rings. The minimum Gasteiger partial charge on any atom is -0.392 e. The molecule has 3 aliphatic rings. The normalized spacial score (nSPS) is 24.3. The number of anilines is 1. The fourth-order valence-electron chi connectivity index (χ4n) is 5.40. The van der Waals surface area contributed by atoms with Crippen molar-refractivity contribution in [2.75, 3.05) is 25.0 Å². The summed E-state index contributed by atoms with van der Waals surface area (Å²) in [5.74, 6) is -0.606. The molecule has 2 aromatic carbocycles. The van der Waals surface area contributed by atoms with Crippen molar-refractivity contribution in [3.63, 3.8) is 0 Å². The minimum absolute atomic E-state index is 0.119. The van der Waals surface area contributed by atoms with Gasteiger partial charge in [0.25, 0.3) is 5.91 Å². The monoisotopic (exact) mass is 482 g/mol. The number of nitrogens with zero attached hydrogens (tertiary/aromatic N) is 3. The van der Waals surface area contributed by atoms with Gasteiger partial charge in [0.15, 0.2) is 0 Å². The number of carbonyl (C=O) groups excluding carboxylic acids is 3. The van der Waals surface area contributed by atoms with Gasteiger partial charge in [0.2, 0.25) is 11.8 Å². The molecule has 178 valence electrons. The highest BCUT2D eigenvalue weighted by atomic mass is 35.5. The third-order valence-electron chi connectivity index (χ3n) is 6.96. The molecule has 3 heterocycles. The van der Waals surface area contributed by atoms with Crippen LogP contribution >= 0.6 is 11.6 Å². The highest BCUT2D eigenvalue weighted by molar-refractivity contribution is 6.31. The summed E-state index contributed by atoms with van der Waals surface area (Å²) in [6.07, 6.45) is -0.299. The van der Waals surface area contributed by atoms with Crippen LogP contribution in [0.1, 0.15) is 24.5 Å². The van der Waals surface area contributed by atoms with Crippen LogP contribution in [0, 0.1) is 0 Å². The standard InChI is InChI=1S/C25H27ClN4O4/c1-16(31)27-19-8-6-17(7-9-19)11-28-14-25(15-28)24(34)29(12-18-4-2-3-5-21(18)26)23(33)22-10-20(32)13-30(22)25/h2-9,20,22,32H,10-15H2,1H3,(H,27,31). The Morgan fingerprint density at radius 1 is 1.12 bits per heavy atom. The van der Waals surface area contributed by atoms with Gasteiger partial charge in [-0.05, 0) is 35.7 Å². The lowest BCUT2D eigenvalue weighted by Gasteiger charge is -2.58. The molecular formula is C25H27ClN4O4. The zero-order valence-electron chi connectivity index (χ0n) is 18.9. The van der Waals surface area contributed by atoms with Crippen LogP contribution in [0.3, 0.4) is 0 Å². The molecule has 2 unspecified atom stereocenters. The van der Waals surface area contributed by atoms with E-state index in [9.17, 15) is 19.5 Å². The van der Waals surface area contributed by atoms with Crippen LogP contribution in [-0.4, -0.2) is 74.8 Å². The van der Waals surface area contributed by atoms with Crippen LogP contribution in [0.25, 0.3) is 0 Å². The van der Waals surface area contributed by atoms with E-state index in [-0.39, 0.29) is 24.3 Å². The van der Waals surface area contributed by atoms with Gasteiger partial charge >= 0.3 is 0 Å². The molecule has 3 saturated heterocycles. The summed E-state index contributed by atoms with van der Waals surface area (Å²) in [5, 5.41) is 13.6. The SMILES string of the molecule is CC(=O)Nc1ccc(CN2CC3(C2)C(=O)N(Cc2ccccc2Cl)C(=O)C2CC(O)CN23)cc1. The Balaban J connectivity index is 1.34. The van der Waals surface area contributed by atoms with Crippen molar-refractivity contribution in [1.82, 2.24) is 14.7 Å². The maximum Gasteiger partial charge on any atom is 0.252 e. The number of hydrogen-bond acceptors (Lipinski definition) is 6. The number of nitrogens with one attached hydrogen (secondary N) is 1. The van der Waals surface area contributed by atoms with E-state index in [4.69, 9.17) is 11.6 Å². The van der Waals surface area contributed by atoms with Crippen molar-refractivity contribution in [3.8, 4) is 0 Å². The average Bonchev–Trinajstić information content (AvgIpc) is 3.17. The Morgan fingerprint density at radius 2 is 1.82 bits per heavy atom. The third kappa shape index (κ3) is 4.01. The first-order valence-electron chi connectivity index (χ1n) is 11.4. The van der Waals surface area contributed by atoms with E-state index in [1.807, 2.05) is 47.4 Å². The average molecular weight is 483 g/mol. The van der Waals surface area contributed by atoms with Gasteiger partial charge in [-0.25, -0.2) is 0 Å². The number of likely N-dealkylation sites (tertiary alicyclic amines) is 1. The number of fused-ring (bicyclic) bond motifs is 2. The topological polar surface area (TPSA) is 93.2 Å². The van der Waals surface area contributed by atoms with E-state index < -0.39 is 17.7 Å². The summed E-state index contributed by atoms with van der Waals surface area (Å²) in [5.41, 5.74) is 1.70. The molecule has 9 heteroatoms. The Kier molecular flexibility index (Phi) is 5.93. The zero-order valence-corrected chi connectivity index (χ0v) is 19.7. The van der Waals surface area contributed by atoms with Crippen LogP contribution < -0.4 is 5.32 Å². The van der Waals surface area contributed by atoms with Crippen molar-refractivity contribution >= 4 is 35.0 Å². The number of rotatable bonds is 5. The van der Waals surface area contributed by atoms with Gasteiger partial charge in [0, 0.05) is 43.8 Å². The summed E-state index contributed by atoms with van der Waals surface area (Å²) in [6, 6.07) is 14.3. The largest absolute Gasteiger partial charge is 0.392 e. The number of β-amino-alcohol motifs (C(OH)–C–C–N with tert-alkyl or cyclic N) is 1. The highest BCUT2D eigenvalue weighted by Crippen LogP contribution is 2.41. The Morgan fingerprint density at radius 3 is 2.50 bits per heavy atom. The first-order valence-corrected chi connectivity index (χ1v) is 11.8. The number of halogens is 1. The molecule has 3 amide bonds. The van der Waals surface area contributed by atoms with Gasteiger partial charge < -0.3 is 10.4 Å². The number of imide groups is 1. The van der Waals surface area contributed by atoms with Crippen LogP contribution in [-0.2, 0) is 27.5 Å². The number of amides is 3. The fourth-order valence-corrected chi connectivity index (χ4v) is 5.59. The van der Waals surface area contributed by atoms with E-state index >= 15 is 0 Å². The second kappa shape index (κ2) is 8.78. The predicted molar refractivity (Wildman–Crippen MR) is 127 cm³/mol. The molecule has 0 bridgehead atoms. The zero-order chi connectivity index (χ0) is 24.0. The van der Waals surface area contributed by atoms with Gasteiger partial charge in [-0.2, -0.15) is 0 Å². The van der Waals surface area contributed by atoms with E-state index in [0.29, 0.717) is 37.6 Å². The van der Waals surface area contributed by atoms with E-state index in [2.05, 4.69) is 10.2 Å². The first-order chi connectivity index (χ1) is 16.3. The van der Waals surface area contributed by atoms with Crippen LogP contribution in [0.4, 0.5) is 5.69 Å². The van der Waals surface area contributed by atoms with Gasteiger partial charge in [-0.3, -0.25) is 29.1 Å². The van der Waals surface area contributed by atoms with Gasteiger partial charge in [-0.15, -0.1) is 0 Å². The van der Waals surface area contributed by atoms with E-state index in [0.717, 1.165) is 16.8 Å². The highest BCUT2D eigenvalue weighted by Gasteiger charge is 2.64. The van der Waals surface area contributed by atoms with Gasteiger partial charge in [-0.1, -0.05) is 41.9 Å². The Bertz CT molecular complexity index is 1130. The van der Waals surface area contributed by atoms with Crippen LogP contribution in [0.5, 0.6) is 0 Å². The fraction of sp³-hybridized carbons (Fsp3) is 0.400. The van der Waals surface area contributed by atoms with Crippen LogP contribution in [0.2, 0.25) is 5.02 Å². The molecular weight excluding hydrogens is 456 g/mol. The number of aliphatic hydroxyl groups excluding tert-OH is 1. The summed E-state index contributed by atoms with van der Waals surface area (Å²) in [4.78, 5) is 43.6. The molecule has 34 heavy (non-hydrogen) atoms. The van der Waals surface area contributed by atoms with Crippen molar-refractivity contribution in [3.05, 3.63) is 64.7 Å². The number of aliphatic hydroxyl groups is 1. The van der Waals surface area contributed by atoms with E-state index in [1.54, 1.807) is 6.07 Å². The molecule has 3 aliphatic heterocycles. The lowest BCUT2D eigenvalue weighted by molar-refractivity contribution is -0.181. The van der Waals surface area contributed by atoms with Crippen molar-refractivity contribution in [1.29, 1.82) is 0 Å². The molecule has 2 N–H and O–H groups in total. The van der Waals surface area contributed by atoms with Crippen LogP contribution in [0.15, 0.2) is 48.5 Å². The molecule has 0 saturated carbocycles. The molecule has 0 radical (unpaired) electrons. The Hall–Kier alpha value is -2.78. The molecule has 0 aromatic heterocycles. The van der Waals surface area contributed by atoms with E-state index in [1.165, 1.54) is 11.8 Å². The van der Waals surface area contributed by atoms with Gasteiger partial charge in [0.05, 0.1) is 18.7 Å². The summed E-state index contributed by atoms with van der Waals surface area (Å²) < 4.78 is 0. The summed E-state index contributed by atoms with van der Waals surface area (Å²) in [7, 11) is 0. The number of carbonyl (C=O) groups is 3.